The van der Waals surface area contributed by atoms with Crippen molar-refractivity contribution >= 4 is 0 Å². The second-order valence-corrected chi connectivity index (χ2v) is 4.55. The molecule has 2 aromatic rings. The third-order valence-electron chi connectivity index (χ3n) is 3.01. The number of aromatic nitrogens is 1. The van der Waals surface area contributed by atoms with Crippen molar-refractivity contribution in [1.29, 1.82) is 0 Å². The van der Waals surface area contributed by atoms with Crippen LogP contribution in [0.3, 0.4) is 0 Å². The van der Waals surface area contributed by atoms with Gasteiger partial charge in [0, 0.05) is 6.42 Å². The Morgan fingerprint density at radius 1 is 1.22 bits per heavy atom. The maximum atomic E-state index is 12.7. The summed E-state index contributed by atoms with van der Waals surface area (Å²) in [5.41, 5.74) is 3.89. The molecule has 1 N–H and O–H groups in total. The van der Waals surface area contributed by atoms with E-state index in [2.05, 4.69) is 11.1 Å². The number of rotatable bonds is 3. The van der Waals surface area contributed by atoms with Crippen LogP contribution in [0, 0.1) is 19.7 Å². The van der Waals surface area contributed by atoms with Gasteiger partial charge in [-0.15, -0.1) is 0 Å². The highest BCUT2D eigenvalue weighted by atomic mass is 19.1. The van der Waals surface area contributed by atoms with E-state index in [-0.39, 0.29) is 0 Å². The summed E-state index contributed by atoms with van der Waals surface area (Å²) in [5, 5.41) is 10.1. The van der Waals surface area contributed by atoms with E-state index in [0.717, 1.165) is 22.9 Å². The van der Waals surface area contributed by atoms with Crippen LogP contribution in [0.5, 0.6) is 0 Å². The highest BCUT2D eigenvalue weighted by Gasteiger charge is 2.11. The van der Waals surface area contributed by atoms with E-state index in [1.165, 1.54) is 12.1 Å². The predicted molar refractivity (Wildman–Crippen MR) is 68.8 cm³/mol. The molecule has 2 rings (SSSR count). The molecule has 0 bridgehead atoms. The zero-order valence-electron chi connectivity index (χ0n) is 10.5. The molecule has 0 saturated heterocycles. The molecule has 1 aromatic heterocycles. The summed E-state index contributed by atoms with van der Waals surface area (Å²) in [5.74, 6) is -0.391. The summed E-state index contributed by atoms with van der Waals surface area (Å²) in [6.45, 7) is 4.03. The highest BCUT2D eigenvalue weighted by Crippen LogP contribution is 2.20. The molecule has 2 nitrogen and oxygen atoms in total. The molecule has 0 amide bonds. The van der Waals surface area contributed by atoms with Gasteiger partial charge in [0.05, 0.1) is 18.0 Å². The summed E-state index contributed by atoms with van der Waals surface area (Å²) in [6, 6.07) is 8.97. The fourth-order valence-corrected chi connectivity index (χ4v) is 1.92. The van der Waals surface area contributed by atoms with E-state index >= 15 is 0 Å². The van der Waals surface area contributed by atoms with Crippen LogP contribution in [0.4, 0.5) is 4.39 Å². The number of hydrogen-bond acceptors (Lipinski definition) is 2. The number of aryl methyl sites for hydroxylation is 2. The van der Waals surface area contributed by atoms with E-state index in [0.29, 0.717) is 12.1 Å². The number of hydrogen-bond donors (Lipinski definition) is 1. The van der Waals surface area contributed by atoms with Crippen molar-refractivity contribution in [3.8, 4) is 0 Å². The van der Waals surface area contributed by atoms with E-state index in [1.807, 2.05) is 26.0 Å². The van der Waals surface area contributed by atoms with Crippen LogP contribution in [0.1, 0.15) is 28.5 Å². The Morgan fingerprint density at radius 3 is 2.67 bits per heavy atom. The standard InChI is InChI=1S/C15H16FNO/c1-10-3-4-11(2)12(7-10)8-15(18)14-6-5-13(16)9-17-14/h3-7,9,15,18H,8H2,1-2H3. The first kappa shape index (κ1) is 12.7. The van der Waals surface area contributed by atoms with Gasteiger partial charge in [-0.3, -0.25) is 4.98 Å². The van der Waals surface area contributed by atoms with Crippen LogP contribution in [-0.4, -0.2) is 10.1 Å². The molecule has 1 atom stereocenters. The van der Waals surface area contributed by atoms with E-state index in [4.69, 9.17) is 0 Å². The van der Waals surface area contributed by atoms with Gasteiger partial charge in [0.25, 0.3) is 0 Å². The molecule has 0 aliphatic heterocycles. The van der Waals surface area contributed by atoms with Crippen molar-refractivity contribution in [2.24, 2.45) is 0 Å². The second kappa shape index (κ2) is 5.27. The monoisotopic (exact) mass is 245 g/mol. The van der Waals surface area contributed by atoms with Crippen molar-refractivity contribution in [3.63, 3.8) is 0 Å². The first-order valence-corrected chi connectivity index (χ1v) is 5.92. The lowest BCUT2D eigenvalue weighted by atomic mass is 9.99. The molecular formula is C15H16FNO. The summed E-state index contributed by atoms with van der Waals surface area (Å²) in [4.78, 5) is 3.90. The lowest BCUT2D eigenvalue weighted by molar-refractivity contribution is 0.173. The Balaban J connectivity index is 2.18. The summed E-state index contributed by atoms with van der Waals surface area (Å²) in [7, 11) is 0. The van der Waals surface area contributed by atoms with Gasteiger partial charge in [-0.25, -0.2) is 4.39 Å². The molecule has 0 radical (unpaired) electrons. The van der Waals surface area contributed by atoms with Crippen molar-refractivity contribution in [2.75, 3.05) is 0 Å². The van der Waals surface area contributed by atoms with E-state index in [9.17, 15) is 9.50 Å². The van der Waals surface area contributed by atoms with Crippen LogP contribution in [-0.2, 0) is 6.42 Å². The molecule has 1 unspecified atom stereocenters. The fraction of sp³-hybridized carbons (Fsp3) is 0.267. The Labute approximate surface area is 106 Å². The summed E-state index contributed by atoms with van der Waals surface area (Å²) in [6.07, 6.45) is 0.916. The summed E-state index contributed by atoms with van der Waals surface area (Å²) < 4.78 is 12.7. The average molecular weight is 245 g/mol. The normalized spacial score (nSPS) is 12.4. The largest absolute Gasteiger partial charge is 0.386 e. The van der Waals surface area contributed by atoms with Crippen LogP contribution >= 0.6 is 0 Å². The van der Waals surface area contributed by atoms with Crippen molar-refractivity contribution in [2.45, 2.75) is 26.4 Å². The predicted octanol–water partition coefficient (Wildman–Crippen LogP) is 3.11. The first-order chi connectivity index (χ1) is 8.56. The Kier molecular flexibility index (Phi) is 3.72. The minimum atomic E-state index is -0.703. The van der Waals surface area contributed by atoms with Crippen molar-refractivity contribution < 1.29 is 9.50 Å². The quantitative estimate of drug-likeness (QED) is 0.901. The number of benzene rings is 1. The zero-order chi connectivity index (χ0) is 13.1. The van der Waals surface area contributed by atoms with Gasteiger partial charge in [0.2, 0.25) is 0 Å². The van der Waals surface area contributed by atoms with Gasteiger partial charge in [0.1, 0.15) is 5.82 Å². The highest BCUT2D eigenvalue weighted by molar-refractivity contribution is 5.31. The third-order valence-corrected chi connectivity index (χ3v) is 3.01. The van der Waals surface area contributed by atoms with Crippen LogP contribution in [0.15, 0.2) is 36.5 Å². The molecule has 1 aromatic carbocycles. The third kappa shape index (κ3) is 2.93. The van der Waals surface area contributed by atoms with Gasteiger partial charge in [-0.2, -0.15) is 0 Å². The molecule has 0 aliphatic carbocycles. The maximum Gasteiger partial charge on any atom is 0.141 e. The lowest BCUT2D eigenvalue weighted by Gasteiger charge is -2.12. The SMILES string of the molecule is Cc1ccc(C)c(CC(O)c2ccc(F)cn2)c1. The van der Waals surface area contributed by atoms with Crippen molar-refractivity contribution in [3.05, 3.63) is 64.7 Å². The molecular weight excluding hydrogens is 229 g/mol. The van der Waals surface area contributed by atoms with Gasteiger partial charge in [0.15, 0.2) is 0 Å². The fourth-order valence-electron chi connectivity index (χ4n) is 1.92. The van der Waals surface area contributed by atoms with Gasteiger partial charge in [-0.1, -0.05) is 23.8 Å². The number of aliphatic hydroxyl groups excluding tert-OH is 1. The van der Waals surface area contributed by atoms with Crippen LogP contribution in [0.25, 0.3) is 0 Å². The Morgan fingerprint density at radius 2 is 2.00 bits per heavy atom. The Bertz CT molecular complexity index is 537. The molecule has 0 aliphatic rings. The minimum absolute atomic E-state index is 0.391. The van der Waals surface area contributed by atoms with E-state index in [1.54, 1.807) is 0 Å². The first-order valence-electron chi connectivity index (χ1n) is 5.92. The van der Waals surface area contributed by atoms with Gasteiger partial charge in [-0.05, 0) is 37.1 Å². The van der Waals surface area contributed by atoms with Crippen LogP contribution in [0.2, 0.25) is 0 Å². The molecule has 1 heterocycles. The van der Waals surface area contributed by atoms with Crippen LogP contribution < -0.4 is 0 Å². The molecule has 18 heavy (non-hydrogen) atoms. The molecule has 0 spiro atoms. The smallest absolute Gasteiger partial charge is 0.141 e. The number of pyridine rings is 1. The zero-order valence-corrected chi connectivity index (χ0v) is 10.5. The molecule has 0 saturated carbocycles. The minimum Gasteiger partial charge on any atom is -0.386 e. The second-order valence-electron chi connectivity index (χ2n) is 4.55. The molecule has 3 heteroatoms. The molecule has 94 valence electrons. The van der Waals surface area contributed by atoms with Gasteiger partial charge < -0.3 is 5.11 Å². The maximum absolute atomic E-state index is 12.7. The topological polar surface area (TPSA) is 33.1 Å². The molecule has 0 fully saturated rings. The number of nitrogens with zero attached hydrogens (tertiary/aromatic N) is 1. The Hall–Kier alpha value is -1.74. The average Bonchev–Trinajstić information content (AvgIpc) is 2.34. The van der Waals surface area contributed by atoms with Gasteiger partial charge >= 0.3 is 0 Å². The summed E-state index contributed by atoms with van der Waals surface area (Å²) >= 11 is 0. The number of halogens is 1. The lowest BCUT2D eigenvalue weighted by Crippen LogP contribution is -2.05. The van der Waals surface area contributed by atoms with Crippen molar-refractivity contribution in [1.82, 2.24) is 4.98 Å². The van der Waals surface area contributed by atoms with E-state index < -0.39 is 11.9 Å². The number of aliphatic hydroxyl groups is 1.